The van der Waals surface area contributed by atoms with Crippen LogP contribution in [0.25, 0.3) is 0 Å². The Balaban J connectivity index is 2.91. The molecule has 0 amide bonds. The van der Waals surface area contributed by atoms with Gasteiger partial charge < -0.3 is 0 Å². The summed E-state index contributed by atoms with van der Waals surface area (Å²) in [7, 11) is 8.61. The summed E-state index contributed by atoms with van der Waals surface area (Å²) in [6, 6.07) is 0. The molecule has 9 heavy (non-hydrogen) atoms. The van der Waals surface area contributed by atoms with E-state index < -0.39 is 0 Å². The zero-order valence-corrected chi connectivity index (χ0v) is 9.98. The van der Waals surface area contributed by atoms with E-state index in [9.17, 15) is 0 Å². The molecule has 0 N–H and O–H groups in total. The van der Waals surface area contributed by atoms with Crippen molar-refractivity contribution in [2.75, 3.05) is 38.5 Å². The average Bonchev–Trinajstić information content (AvgIpc) is 1.63. The van der Waals surface area contributed by atoms with Gasteiger partial charge >= 0.3 is 65.4 Å². The Kier molecular flexibility index (Phi) is 5.66. The van der Waals surface area contributed by atoms with Crippen LogP contribution in [0.1, 0.15) is 0 Å². The molecule has 0 aliphatic heterocycles. The van der Waals surface area contributed by atoms with E-state index in [0.717, 1.165) is 0 Å². The molecule has 0 aromatic heterocycles. The van der Waals surface area contributed by atoms with Crippen molar-refractivity contribution in [1.29, 1.82) is 0 Å². The van der Waals surface area contributed by atoms with E-state index in [1.54, 1.807) is 0 Å². The quantitative estimate of drug-likeness (QED) is 0.568. The number of rotatable bonds is 4. The van der Waals surface area contributed by atoms with Crippen LogP contribution in [0, 0.1) is 0 Å². The van der Waals surface area contributed by atoms with Gasteiger partial charge in [-0.3, -0.25) is 0 Å². The first kappa shape index (κ1) is 9.54. The molecule has 2 nitrogen and oxygen atoms in total. The molecule has 0 saturated heterocycles. The standard InChI is InChI=1S/2C3H8N.Zn/c2*1-4(2)3;/h2*1H2,2-3H3;. The van der Waals surface area contributed by atoms with Crippen molar-refractivity contribution >= 4 is 0 Å². The van der Waals surface area contributed by atoms with Crippen LogP contribution in [0.3, 0.4) is 0 Å². The fourth-order valence-electron chi connectivity index (χ4n) is 0.703. The molecule has 0 aromatic carbocycles. The maximum atomic E-state index is 2.30. The second kappa shape index (κ2) is 5.34. The van der Waals surface area contributed by atoms with Gasteiger partial charge in [0.2, 0.25) is 0 Å². The molecule has 0 atom stereocenters. The number of hydrogen-bond donors (Lipinski definition) is 0. The van der Waals surface area contributed by atoms with Crippen molar-refractivity contribution in [1.82, 2.24) is 9.80 Å². The van der Waals surface area contributed by atoms with Gasteiger partial charge in [0.05, 0.1) is 0 Å². The molecule has 0 aromatic rings. The summed E-state index contributed by atoms with van der Waals surface area (Å²) >= 11 is -0.215. The molecule has 0 saturated carbocycles. The van der Waals surface area contributed by atoms with Crippen molar-refractivity contribution in [3.63, 3.8) is 0 Å². The second-order valence-corrected chi connectivity index (χ2v) is 6.32. The van der Waals surface area contributed by atoms with E-state index in [-0.39, 0.29) is 17.1 Å². The molecule has 3 heteroatoms. The fourth-order valence-corrected chi connectivity index (χ4v) is 3.65. The van der Waals surface area contributed by atoms with Gasteiger partial charge in [-0.2, -0.15) is 0 Å². The van der Waals surface area contributed by atoms with Crippen LogP contribution >= 0.6 is 0 Å². The molecule has 0 radical (unpaired) electrons. The van der Waals surface area contributed by atoms with Crippen molar-refractivity contribution in [2.45, 2.75) is 0 Å². The summed E-state index contributed by atoms with van der Waals surface area (Å²) in [4.78, 5) is 4.59. The van der Waals surface area contributed by atoms with Crippen molar-refractivity contribution in [2.24, 2.45) is 0 Å². The van der Waals surface area contributed by atoms with Gasteiger partial charge in [-0.05, 0) is 0 Å². The van der Waals surface area contributed by atoms with Crippen LogP contribution in [0.5, 0.6) is 0 Å². The van der Waals surface area contributed by atoms with Gasteiger partial charge in [-0.25, -0.2) is 0 Å². The Morgan fingerprint density at radius 2 is 1.22 bits per heavy atom. The van der Waals surface area contributed by atoms with E-state index in [2.05, 4.69) is 38.0 Å². The topological polar surface area (TPSA) is 6.48 Å². The van der Waals surface area contributed by atoms with Gasteiger partial charge in [-0.15, -0.1) is 0 Å². The summed E-state index contributed by atoms with van der Waals surface area (Å²) in [5.74, 6) is 0. The Hall–Kier alpha value is 0.543. The van der Waals surface area contributed by atoms with Crippen molar-refractivity contribution in [3.8, 4) is 0 Å². The average molecular weight is 182 g/mol. The second-order valence-electron chi connectivity index (χ2n) is 2.96. The zero-order valence-electron chi connectivity index (χ0n) is 7.02. The molecule has 0 spiro atoms. The van der Waals surface area contributed by atoms with E-state index in [1.165, 1.54) is 10.3 Å². The van der Waals surface area contributed by atoms with E-state index >= 15 is 0 Å². The van der Waals surface area contributed by atoms with Crippen LogP contribution in [-0.2, 0) is 17.1 Å². The molecule has 0 rings (SSSR count). The first-order valence-electron chi connectivity index (χ1n) is 3.42. The summed E-state index contributed by atoms with van der Waals surface area (Å²) in [6.07, 6.45) is 0. The molecule has 0 fully saturated rings. The molecule has 0 aliphatic rings. The zero-order chi connectivity index (χ0) is 7.28. The molecular formula is C6H16N2Zn. The van der Waals surface area contributed by atoms with Crippen LogP contribution < -0.4 is 0 Å². The SMILES string of the molecule is CN(C)[CH2][Zn][CH2]N(C)C. The Bertz CT molecular complexity index is 56.1. The van der Waals surface area contributed by atoms with Gasteiger partial charge in [0.25, 0.3) is 0 Å². The van der Waals surface area contributed by atoms with Crippen LogP contribution in [0.4, 0.5) is 0 Å². The predicted molar refractivity (Wildman–Crippen MR) is 37.1 cm³/mol. The third kappa shape index (κ3) is 8.54. The third-order valence-electron chi connectivity index (χ3n) is 1.21. The summed E-state index contributed by atoms with van der Waals surface area (Å²) in [5, 5.41) is 2.76. The number of nitrogens with zero attached hydrogens (tertiary/aromatic N) is 2. The predicted octanol–water partition coefficient (Wildman–Crippen LogP) is 0.107. The van der Waals surface area contributed by atoms with Crippen LogP contribution in [0.15, 0.2) is 0 Å². The molecule has 0 bridgehead atoms. The summed E-state index contributed by atoms with van der Waals surface area (Å²) in [6.45, 7) is 0. The van der Waals surface area contributed by atoms with E-state index in [1.807, 2.05) is 0 Å². The minimum absolute atomic E-state index is 0.215. The molecular weight excluding hydrogens is 165 g/mol. The van der Waals surface area contributed by atoms with Gasteiger partial charge in [0, 0.05) is 0 Å². The summed E-state index contributed by atoms with van der Waals surface area (Å²) < 4.78 is 0. The molecule has 0 heterocycles. The van der Waals surface area contributed by atoms with Crippen molar-refractivity contribution < 1.29 is 17.1 Å². The monoisotopic (exact) mass is 180 g/mol. The van der Waals surface area contributed by atoms with Crippen LogP contribution in [-0.4, -0.2) is 48.3 Å². The van der Waals surface area contributed by atoms with Gasteiger partial charge in [-0.1, -0.05) is 0 Å². The van der Waals surface area contributed by atoms with Gasteiger partial charge in [0.15, 0.2) is 0 Å². The van der Waals surface area contributed by atoms with Gasteiger partial charge in [0.1, 0.15) is 0 Å². The van der Waals surface area contributed by atoms with Crippen LogP contribution in [0.2, 0.25) is 0 Å². The fraction of sp³-hybridized carbons (Fsp3) is 1.00. The number of hydrogen-bond acceptors (Lipinski definition) is 2. The van der Waals surface area contributed by atoms with Crippen molar-refractivity contribution in [3.05, 3.63) is 0 Å². The van der Waals surface area contributed by atoms with E-state index in [0.29, 0.717) is 0 Å². The minimum atomic E-state index is -0.215. The third-order valence-corrected chi connectivity index (χ3v) is 6.29. The molecule has 0 aliphatic carbocycles. The van der Waals surface area contributed by atoms with E-state index in [4.69, 9.17) is 0 Å². The molecule has 52 valence electrons. The normalized spacial score (nSPS) is 10.4. The Labute approximate surface area is 65.8 Å². The Morgan fingerprint density at radius 1 is 0.889 bits per heavy atom. The maximum absolute atomic E-state index is 2.30. The first-order chi connectivity index (χ1) is 4.13. The Morgan fingerprint density at radius 3 is 1.44 bits per heavy atom. The summed E-state index contributed by atoms with van der Waals surface area (Å²) in [5.41, 5.74) is 0. The first-order valence-corrected chi connectivity index (χ1v) is 7.62. The molecule has 0 unspecified atom stereocenters.